The first-order valence-corrected chi connectivity index (χ1v) is 11.7. The minimum absolute atomic E-state index is 0.0499. The van der Waals surface area contributed by atoms with Crippen molar-refractivity contribution < 1.29 is 33.0 Å². The van der Waals surface area contributed by atoms with E-state index in [1.165, 1.54) is 30.7 Å². The maximum Gasteiger partial charge on any atom is 0.406 e. The maximum absolute atomic E-state index is 13.1. The molecule has 0 saturated carbocycles. The van der Waals surface area contributed by atoms with E-state index in [0.717, 1.165) is 0 Å². The predicted octanol–water partition coefficient (Wildman–Crippen LogP) is 1.65. The highest BCUT2D eigenvalue weighted by Crippen LogP contribution is 2.55. The van der Waals surface area contributed by atoms with E-state index in [4.69, 9.17) is 30.7 Å². The number of aliphatic hydroxyl groups is 1. The number of carbonyl (C=O) groups excluding carboxylic acids is 1. The zero-order valence-corrected chi connectivity index (χ0v) is 19.7. The summed E-state index contributed by atoms with van der Waals surface area (Å²) in [7, 11) is -3.96. The van der Waals surface area contributed by atoms with Crippen LogP contribution in [0.3, 0.4) is 0 Å². The Balaban J connectivity index is 1.73. The number of carbonyl (C=O) groups is 1. The van der Waals surface area contributed by atoms with Crippen LogP contribution < -0.4 is 10.6 Å². The minimum atomic E-state index is -3.96. The molecule has 0 spiro atoms. The normalized spacial score (nSPS) is 34.2. The third kappa shape index (κ3) is 5.33. The molecular formula is C18H28N3O8PS. The van der Waals surface area contributed by atoms with Crippen LogP contribution >= 0.6 is 20.0 Å². The van der Waals surface area contributed by atoms with E-state index in [1.54, 1.807) is 0 Å². The van der Waals surface area contributed by atoms with Crippen molar-refractivity contribution in [1.29, 1.82) is 0 Å². The van der Waals surface area contributed by atoms with Crippen molar-refractivity contribution >= 4 is 25.9 Å². The number of esters is 1. The van der Waals surface area contributed by atoms with Crippen LogP contribution in [0.5, 0.6) is 0 Å². The average Bonchev–Trinajstić information content (AvgIpc) is 2.89. The number of nitrogens with zero attached hydrogens (tertiary/aromatic N) is 1. The summed E-state index contributed by atoms with van der Waals surface area (Å²) in [5, 5.41) is 13.7. The number of H-pyrrole nitrogens is 1. The third-order valence-electron chi connectivity index (χ3n) is 4.84. The highest BCUT2D eigenvalue weighted by Gasteiger charge is 2.59. The number of nitrogens with one attached hydrogen (secondary N) is 2. The molecule has 2 aliphatic heterocycles. The molecule has 2 saturated heterocycles. The molecule has 0 radical (unpaired) electrons. The summed E-state index contributed by atoms with van der Waals surface area (Å²) in [5.41, 5.74) is -2.28. The molecule has 11 nitrogen and oxygen atoms in total. The summed E-state index contributed by atoms with van der Waals surface area (Å²) in [6, 6.07) is 0.270. The molecule has 3 rings (SSSR count). The average molecular weight is 477 g/mol. The van der Waals surface area contributed by atoms with E-state index < -0.39 is 49.4 Å². The molecule has 0 amide bonds. The van der Waals surface area contributed by atoms with Crippen LogP contribution in [0, 0.1) is 10.2 Å². The van der Waals surface area contributed by atoms with Crippen LogP contribution in [-0.2, 0) is 27.9 Å². The van der Waals surface area contributed by atoms with Gasteiger partial charge < -0.3 is 14.6 Å². The van der Waals surface area contributed by atoms with E-state index in [1.807, 2.05) is 20.8 Å². The van der Waals surface area contributed by atoms with E-state index >= 15 is 0 Å². The van der Waals surface area contributed by atoms with Crippen LogP contribution in [0.4, 0.5) is 0 Å². The Morgan fingerprint density at radius 2 is 2.23 bits per heavy atom. The Hall–Kier alpha value is -1.40. The second-order valence-electron chi connectivity index (χ2n) is 9.11. The molecule has 1 aromatic rings. The fraction of sp³-hybridized carbons (Fsp3) is 0.722. The Morgan fingerprint density at radius 1 is 1.55 bits per heavy atom. The molecule has 31 heavy (non-hydrogen) atoms. The second-order valence-corrected chi connectivity index (χ2v) is 11.2. The van der Waals surface area contributed by atoms with Gasteiger partial charge in [0, 0.05) is 12.3 Å². The Bertz CT molecular complexity index is 1000. The maximum atomic E-state index is 13.1. The summed E-state index contributed by atoms with van der Waals surface area (Å²) in [5.74, 6) is -0.605. The topological polar surface area (TPSA) is 141 Å². The molecule has 1 aromatic heterocycles. The van der Waals surface area contributed by atoms with Crippen molar-refractivity contribution in [3.63, 3.8) is 0 Å². The van der Waals surface area contributed by atoms with Crippen LogP contribution in [0.15, 0.2) is 17.1 Å². The van der Waals surface area contributed by atoms with Gasteiger partial charge in [-0.15, -0.1) is 0 Å². The molecule has 3 N–H and O–H groups in total. The summed E-state index contributed by atoms with van der Waals surface area (Å²) in [4.78, 5) is 26.1. The summed E-state index contributed by atoms with van der Waals surface area (Å²) < 4.78 is 36.6. The van der Waals surface area contributed by atoms with E-state index in [9.17, 15) is 19.3 Å². The molecule has 6 unspecified atom stereocenters. The van der Waals surface area contributed by atoms with Crippen LogP contribution in [0.2, 0.25) is 0 Å². The first-order chi connectivity index (χ1) is 14.2. The molecule has 2 fully saturated rings. The summed E-state index contributed by atoms with van der Waals surface area (Å²) in [6.45, 7) is 8.73. The van der Waals surface area contributed by atoms with E-state index in [0.29, 0.717) is 0 Å². The van der Waals surface area contributed by atoms with Crippen LogP contribution in [-0.4, -0.2) is 57.7 Å². The summed E-state index contributed by atoms with van der Waals surface area (Å²) in [6.07, 6.45) is -1.42. The Kier molecular flexibility index (Phi) is 6.66. The largest absolute Gasteiger partial charge is 0.464 e. The van der Waals surface area contributed by atoms with Gasteiger partial charge in [-0.3, -0.25) is 28.2 Å². The lowest BCUT2D eigenvalue weighted by Gasteiger charge is -2.36. The second kappa shape index (κ2) is 8.51. The van der Waals surface area contributed by atoms with Crippen LogP contribution in [0.25, 0.3) is 0 Å². The van der Waals surface area contributed by atoms with Gasteiger partial charge in [0.25, 0.3) is 5.56 Å². The lowest BCUT2D eigenvalue weighted by Crippen LogP contribution is -2.49. The van der Waals surface area contributed by atoms with Crippen molar-refractivity contribution in [1.82, 2.24) is 14.6 Å². The lowest BCUT2D eigenvalue weighted by molar-refractivity contribution is -0.148. The Morgan fingerprint density at radius 3 is 2.84 bits per heavy atom. The number of fused-ring (bicyclic) bond motifs is 1. The molecule has 6 atom stereocenters. The fourth-order valence-corrected chi connectivity index (χ4v) is 5.30. The van der Waals surface area contributed by atoms with Gasteiger partial charge in [-0.1, -0.05) is 20.8 Å². The van der Waals surface area contributed by atoms with Gasteiger partial charge in [-0.25, -0.2) is 9.65 Å². The van der Waals surface area contributed by atoms with Crippen molar-refractivity contribution in [2.75, 3.05) is 13.2 Å². The highest BCUT2D eigenvalue weighted by atomic mass is 32.1. The highest BCUT2D eigenvalue weighted by molar-refractivity contribution is 7.71. The van der Waals surface area contributed by atoms with Crippen LogP contribution in [0.1, 0.15) is 40.8 Å². The fourth-order valence-electron chi connectivity index (χ4n) is 3.27. The molecule has 2 aliphatic rings. The van der Waals surface area contributed by atoms with Gasteiger partial charge in [0.1, 0.15) is 23.9 Å². The van der Waals surface area contributed by atoms with Gasteiger partial charge in [-0.2, -0.15) is 0 Å². The molecule has 13 heteroatoms. The SMILES string of the molecule is CC(NP1(=O)OCC2OC(n3ccc(=O)[nH]c3=S)C(C)(O)C2O1)C(=O)OCC(C)(C)C. The van der Waals surface area contributed by atoms with Crippen molar-refractivity contribution in [3.8, 4) is 0 Å². The van der Waals surface area contributed by atoms with Gasteiger partial charge in [-0.05, 0) is 31.5 Å². The zero-order valence-electron chi connectivity index (χ0n) is 18.0. The lowest BCUT2D eigenvalue weighted by atomic mass is 9.96. The first-order valence-electron chi connectivity index (χ1n) is 9.79. The van der Waals surface area contributed by atoms with Gasteiger partial charge in [0.05, 0.1) is 13.2 Å². The van der Waals surface area contributed by atoms with Gasteiger partial charge in [0.2, 0.25) is 0 Å². The van der Waals surface area contributed by atoms with Gasteiger partial charge in [0.15, 0.2) is 11.0 Å². The number of aromatic amines is 1. The predicted molar refractivity (Wildman–Crippen MR) is 112 cm³/mol. The third-order valence-corrected chi connectivity index (χ3v) is 6.85. The summed E-state index contributed by atoms with van der Waals surface area (Å²) >= 11 is 5.15. The molecule has 174 valence electrons. The monoisotopic (exact) mass is 477 g/mol. The van der Waals surface area contributed by atoms with E-state index in [-0.39, 0.29) is 23.4 Å². The first kappa shape index (κ1) is 24.2. The minimum Gasteiger partial charge on any atom is -0.464 e. The van der Waals surface area contributed by atoms with Gasteiger partial charge >= 0.3 is 13.7 Å². The number of aromatic nitrogens is 2. The van der Waals surface area contributed by atoms with Crippen molar-refractivity contribution in [2.24, 2.45) is 5.41 Å². The number of hydrogen-bond donors (Lipinski definition) is 3. The molecular weight excluding hydrogens is 449 g/mol. The van der Waals surface area contributed by atoms with Crippen molar-refractivity contribution in [3.05, 3.63) is 27.4 Å². The molecule has 0 aromatic carbocycles. The quantitative estimate of drug-likeness (QED) is 0.326. The Labute approximate surface area is 184 Å². The molecule has 0 aliphatic carbocycles. The smallest absolute Gasteiger partial charge is 0.406 e. The number of ether oxygens (including phenoxy) is 2. The van der Waals surface area contributed by atoms with E-state index in [2.05, 4.69) is 10.1 Å². The zero-order chi connectivity index (χ0) is 23.2. The standard InChI is InChI=1S/C18H28N3O8PS/c1-10(14(23)26-9-17(2,3)4)20-30(25)27-8-11-13(29-30)18(5,24)15(28-11)21-7-6-12(22)19-16(21)31/h6-7,10-11,13,15,24H,8-9H2,1-5H3,(H,20,25)(H,19,22,31). The molecule has 0 bridgehead atoms. The number of rotatable bonds is 5. The van der Waals surface area contributed by atoms with Crippen molar-refractivity contribution in [2.45, 2.75) is 64.7 Å². The molecule has 3 heterocycles. The number of hydrogen-bond acceptors (Lipinski definition) is 9.